The van der Waals surface area contributed by atoms with Crippen LogP contribution in [0.1, 0.15) is 10.5 Å². The fraction of sp³-hybridized carbons (Fsp3) is 0.222. The molecule has 1 saturated heterocycles. The Morgan fingerprint density at radius 3 is 2.64 bits per heavy atom. The van der Waals surface area contributed by atoms with Crippen LogP contribution in [0, 0.1) is 10.1 Å². The van der Waals surface area contributed by atoms with Gasteiger partial charge in [-0.05, 0) is 23.6 Å². The molecule has 28 heavy (non-hydrogen) atoms. The van der Waals surface area contributed by atoms with E-state index in [1.165, 1.54) is 17.4 Å². The Kier molecular flexibility index (Phi) is 5.29. The molecule has 1 aliphatic rings. The maximum Gasteiger partial charge on any atom is 0.294 e. The number of nitrogens with zero attached hydrogens (tertiary/aromatic N) is 4. The van der Waals surface area contributed by atoms with Crippen molar-refractivity contribution in [2.45, 2.75) is 0 Å². The highest BCUT2D eigenvalue weighted by Gasteiger charge is 2.27. The van der Waals surface area contributed by atoms with E-state index in [1.54, 1.807) is 33.7 Å². The Morgan fingerprint density at radius 2 is 1.96 bits per heavy atom. The van der Waals surface area contributed by atoms with E-state index in [1.807, 2.05) is 21.7 Å². The minimum atomic E-state index is -0.431. The maximum atomic E-state index is 12.8. The van der Waals surface area contributed by atoms with Crippen LogP contribution in [0.4, 0.5) is 11.4 Å². The second-order valence-corrected chi connectivity index (χ2v) is 8.29. The molecule has 2 aromatic heterocycles. The third-order valence-corrected chi connectivity index (χ3v) is 6.34. The third-order valence-electron chi connectivity index (χ3n) is 4.53. The van der Waals surface area contributed by atoms with Crippen molar-refractivity contribution in [2.24, 2.45) is 0 Å². The van der Waals surface area contributed by atoms with Crippen LogP contribution in [0.2, 0.25) is 5.02 Å². The van der Waals surface area contributed by atoms with Gasteiger partial charge in [-0.2, -0.15) is 11.3 Å². The molecule has 0 saturated carbocycles. The summed E-state index contributed by atoms with van der Waals surface area (Å²) in [5, 5.41) is 18.3. The number of aromatic nitrogens is 1. The molecule has 0 bridgehead atoms. The monoisotopic (exact) mass is 434 g/mol. The largest absolute Gasteiger partial charge is 0.362 e. The number of amides is 1. The SMILES string of the molecule is O=C(c1csc(-c2ccsc2)n1)N1CCN(c2ccc(Cl)cc2[N+](=O)[O-])CC1. The lowest BCUT2D eigenvalue weighted by atomic mass is 10.2. The zero-order valence-electron chi connectivity index (χ0n) is 14.6. The van der Waals surface area contributed by atoms with Gasteiger partial charge in [-0.15, -0.1) is 11.3 Å². The number of benzene rings is 1. The molecule has 0 atom stereocenters. The summed E-state index contributed by atoms with van der Waals surface area (Å²) in [4.78, 5) is 31.8. The van der Waals surface area contributed by atoms with E-state index in [4.69, 9.17) is 11.6 Å². The average Bonchev–Trinajstić information content (AvgIpc) is 3.39. The number of thiazole rings is 1. The van der Waals surface area contributed by atoms with E-state index in [0.717, 1.165) is 10.6 Å². The van der Waals surface area contributed by atoms with Crippen molar-refractivity contribution in [2.75, 3.05) is 31.1 Å². The lowest BCUT2D eigenvalue weighted by Crippen LogP contribution is -2.49. The van der Waals surface area contributed by atoms with Crippen LogP contribution < -0.4 is 4.90 Å². The van der Waals surface area contributed by atoms with E-state index in [9.17, 15) is 14.9 Å². The number of carbonyl (C=O) groups excluding carboxylic acids is 1. The zero-order valence-corrected chi connectivity index (χ0v) is 17.0. The van der Waals surface area contributed by atoms with Gasteiger partial charge in [0.05, 0.1) is 4.92 Å². The molecule has 144 valence electrons. The summed E-state index contributed by atoms with van der Waals surface area (Å²) in [6, 6.07) is 6.64. The number of halogens is 1. The second kappa shape index (κ2) is 7.86. The summed E-state index contributed by atoms with van der Waals surface area (Å²) < 4.78 is 0. The summed E-state index contributed by atoms with van der Waals surface area (Å²) in [6.45, 7) is 1.97. The van der Waals surface area contributed by atoms with Crippen molar-refractivity contribution in [3.63, 3.8) is 0 Å². The van der Waals surface area contributed by atoms with Gasteiger partial charge < -0.3 is 9.80 Å². The van der Waals surface area contributed by atoms with Crippen molar-refractivity contribution < 1.29 is 9.72 Å². The summed E-state index contributed by atoms with van der Waals surface area (Å²) in [7, 11) is 0. The molecule has 7 nitrogen and oxygen atoms in total. The predicted octanol–water partition coefficient (Wildman–Crippen LogP) is 4.40. The Balaban J connectivity index is 1.45. The molecule has 3 aromatic rings. The van der Waals surface area contributed by atoms with E-state index >= 15 is 0 Å². The van der Waals surface area contributed by atoms with Crippen molar-refractivity contribution in [3.05, 3.63) is 61.2 Å². The number of carbonyl (C=O) groups is 1. The van der Waals surface area contributed by atoms with Gasteiger partial charge in [0, 0.05) is 53.6 Å². The zero-order chi connectivity index (χ0) is 19.7. The van der Waals surface area contributed by atoms with E-state index in [-0.39, 0.29) is 11.6 Å². The molecule has 4 rings (SSSR count). The Hall–Kier alpha value is -2.49. The van der Waals surface area contributed by atoms with Crippen LogP contribution in [0.3, 0.4) is 0 Å². The molecule has 10 heteroatoms. The van der Waals surface area contributed by atoms with Crippen molar-refractivity contribution >= 4 is 51.6 Å². The first-order chi connectivity index (χ1) is 13.5. The van der Waals surface area contributed by atoms with Crippen molar-refractivity contribution in [1.82, 2.24) is 9.88 Å². The minimum Gasteiger partial charge on any atom is -0.362 e. The summed E-state index contributed by atoms with van der Waals surface area (Å²) in [6.07, 6.45) is 0. The molecule has 0 unspecified atom stereocenters. The first-order valence-electron chi connectivity index (χ1n) is 8.49. The number of hydrogen-bond donors (Lipinski definition) is 0. The first kappa shape index (κ1) is 18.9. The fourth-order valence-corrected chi connectivity index (χ4v) is 4.79. The molecular weight excluding hydrogens is 420 g/mol. The number of nitro groups is 1. The van der Waals surface area contributed by atoms with Crippen molar-refractivity contribution in [1.29, 1.82) is 0 Å². The van der Waals surface area contributed by atoms with Crippen LogP contribution >= 0.6 is 34.3 Å². The lowest BCUT2D eigenvalue weighted by molar-refractivity contribution is -0.384. The topological polar surface area (TPSA) is 79.6 Å². The molecule has 1 aromatic carbocycles. The number of nitro benzene ring substituents is 1. The maximum absolute atomic E-state index is 12.8. The minimum absolute atomic E-state index is 0.0211. The molecular formula is C18H15ClN4O3S2. The van der Waals surface area contributed by atoms with Gasteiger partial charge in [0.1, 0.15) is 16.4 Å². The number of anilines is 1. The molecule has 0 aliphatic carbocycles. The van der Waals surface area contributed by atoms with Crippen LogP contribution in [-0.2, 0) is 0 Å². The Bertz CT molecular complexity index is 1010. The molecule has 1 fully saturated rings. The van der Waals surface area contributed by atoms with Crippen LogP contribution in [0.5, 0.6) is 0 Å². The second-order valence-electron chi connectivity index (χ2n) is 6.22. The lowest BCUT2D eigenvalue weighted by Gasteiger charge is -2.35. The van der Waals surface area contributed by atoms with Gasteiger partial charge in [-0.3, -0.25) is 14.9 Å². The predicted molar refractivity (Wildman–Crippen MR) is 112 cm³/mol. The molecule has 0 spiro atoms. The van der Waals surface area contributed by atoms with Crippen LogP contribution in [0.15, 0.2) is 40.4 Å². The highest BCUT2D eigenvalue weighted by Crippen LogP contribution is 2.32. The summed E-state index contributed by atoms with van der Waals surface area (Å²) in [5.41, 5.74) is 1.97. The number of rotatable bonds is 4. The molecule has 0 radical (unpaired) electrons. The standard InChI is InChI=1S/C18H15ClN4O3S2/c19-13-1-2-15(16(9-13)23(25)26)21-4-6-22(7-5-21)18(24)14-11-28-17(20-14)12-3-8-27-10-12/h1-3,8-11H,4-7H2. The van der Waals surface area contributed by atoms with Crippen LogP contribution in [-0.4, -0.2) is 46.9 Å². The summed E-state index contributed by atoms with van der Waals surface area (Å²) in [5.74, 6) is -0.108. The quantitative estimate of drug-likeness (QED) is 0.449. The van der Waals surface area contributed by atoms with Gasteiger partial charge in [0.2, 0.25) is 0 Å². The molecule has 3 heterocycles. The Morgan fingerprint density at radius 1 is 1.18 bits per heavy atom. The van der Waals surface area contributed by atoms with E-state index in [2.05, 4.69) is 4.98 Å². The Labute approximate surface area is 174 Å². The number of piperazine rings is 1. The molecule has 1 aliphatic heterocycles. The normalized spacial score (nSPS) is 14.3. The average molecular weight is 435 g/mol. The van der Waals surface area contributed by atoms with Gasteiger partial charge >= 0.3 is 0 Å². The first-order valence-corrected chi connectivity index (χ1v) is 10.7. The van der Waals surface area contributed by atoms with E-state index in [0.29, 0.717) is 42.6 Å². The molecule has 1 amide bonds. The highest BCUT2D eigenvalue weighted by molar-refractivity contribution is 7.14. The fourth-order valence-electron chi connectivity index (χ4n) is 3.11. The van der Waals surface area contributed by atoms with Crippen molar-refractivity contribution in [3.8, 4) is 10.6 Å². The smallest absolute Gasteiger partial charge is 0.294 e. The third kappa shape index (κ3) is 3.73. The van der Waals surface area contributed by atoms with Gasteiger partial charge in [-0.1, -0.05) is 11.6 Å². The van der Waals surface area contributed by atoms with E-state index < -0.39 is 4.92 Å². The highest BCUT2D eigenvalue weighted by atomic mass is 35.5. The van der Waals surface area contributed by atoms with Crippen LogP contribution in [0.25, 0.3) is 10.6 Å². The van der Waals surface area contributed by atoms with Gasteiger partial charge in [0.25, 0.3) is 11.6 Å². The number of hydrogen-bond acceptors (Lipinski definition) is 7. The summed E-state index contributed by atoms with van der Waals surface area (Å²) >= 11 is 8.94. The molecule has 0 N–H and O–H groups in total. The van der Waals surface area contributed by atoms with Gasteiger partial charge in [-0.25, -0.2) is 4.98 Å². The van der Waals surface area contributed by atoms with Gasteiger partial charge in [0.15, 0.2) is 0 Å². The number of thiophene rings is 1.